The summed E-state index contributed by atoms with van der Waals surface area (Å²) >= 11 is 6.02. The zero-order valence-corrected chi connectivity index (χ0v) is 15.5. The minimum Gasteiger partial charge on any atom is -0.502 e. The van der Waals surface area contributed by atoms with Crippen molar-refractivity contribution in [3.05, 3.63) is 51.5 Å². The first kappa shape index (κ1) is 19.2. The predicted octanol–water partition coefficient (Wildman–Crippen LogP) is 2.59. The maximum absolute atomic E-state index is 12.7. The minimum absolute atomic E-state index is 0.250. The van der Waals surface area contributed by atoms with Crippen LogP contribution in [0.1, 0.15) is 0 Å². The number of phenols is 1. The van der Waals surface area contributed by atoms with Gasteiger partial charge in [0, 0.05) is 24.2 Å². The molecule has 0 saturated carbocycles. The summed E-state index contributed by atoms with van der Waals surface area (Å²) < 4.78 is 33.2. The van der Waals surface area contributed by atoms with E-state index in [-0.39, 0.29) is 10.6 Å². The van der Waals surface area contributed by atoms with E-state index in [4.69, 9.17) is 16.3 Å². The molecular weight excluding hydrogens is 398 g/mol. The van der Waals surface area contributed by atoms with Gasteiger partial charge in [0.2, 0.25) is 0 Å². The summed E-state index contributed by atoms with van der Waals surface area (Å²) in [6.07, 6.45) is 0. The van der Waals surface area contributed by atoms with Gasteiger partial charge >= 0.3 is 5.69 Å². The van der Waals surface area contributed by atoms with Gasteiger partial charge < -0.3 is 14.7 Å². The van der Waals surface area contributed by atoms with Crippen molar-refractivity contribution >= 4 is 38.7 Å². The normalized spacial score (nSPS) is 14.8. The molecule has 1 heterocycles. The fraction of sp³-hybridized carbons (Fsp3) is 0.250. The molecule has 0 bridgehead atoms. The third-order valence-corrected chi connectivity index (χ3v) is 5.61. The number of rotatable bonds is 5. The second-order valence-electron chi connectivity index (χ2n) is 5.77. The first-order chi connectivity index (χ1) is 12.8. The summed E-state index contributed by atoms with van der Waals surface area (Å²) in [4.78, 5) is 11.7. The molecule has 27 heavy (non-hydrogen) atoms. The van der Waals surface area contributed by atoms with Crippen LogP contribution in [0.5, 0.6) is 5.75 Å². The van der Waals surface area contributed by atoms with Crippen molar-refractivity contribution in [1.82, 2.24) is 0 Å². The van der Waals surface area contributed by atoms with E-state index in [1.165, 1.54) is 6.07 Å². The zero-order valence-electron chi connectivity index (χ0n) is 14.0. The van der Waals surface area contributed by atoms with Gasteiger partial charge in [-0.15, -0.1) is 0 Å². The van der Waals surface area contributed by atoms with Crippen LogP contribution in [0.15, 0.2) is 41.3 Å². The number of nitrogens with zero attached hydrogens (tertiary/aromatic N) is 2. The number of phenolic OH excluding ortho intramolecular Hbond substituents is 1. The summed E-state index contributed by atoms with van der Waals surface area (Å²) in [6, 6.07) is 7.67. The molecule has 144 valence electrons. The molecule has 2 aromatic carbocycles. The number of anilines is 2. The van der Waals surface area contributed by atoms with Crippen LogP contribution in [-0.2, 0) is 14.8 Å². The number of benzene rings is 2. The number of hydrogen-bond acceptors (Lipinski definition) is 7. The minimum atomic E-state index is -4.15. The van der Waals surface area contributed by atoms with Crippen molar-refractivity contribution in [1.29, 1.82) is 0 Å². The molecule has 1 fully saturated rings. The highest BCUT2D eigenvalue weighted by atomic mass is 35.5. The molecular formula is C16H16ClN3O6S. The predicted molar refractivity (Wildman–Crippen MR) is 100 cm³/mol. The van der Waals surface area contributed by atoms with Gasteiger partial charge in [-0.05, 0) is 30.3 Å². The SMILES string of the molecule is O=[N+]([O-])c1cc(S(=O)(=O)Nc2cc(Cl)ccc2N2CCOCC2)ccc1O. The van der Waals surface area contributed by atoms with Gasteiger partial charge in [-0.2, -0.15) is 0 Å². The third-order valence-electron chi connectivity index (χ3n) is 4.01. The number of morpholine rings is 1. The Hall–Kier alpha value is -2.56. The number of aromatic hydroxyl groups is 1. The van der Waals surface area contributed by atoms with Crippen LogP contribution in [0.4, 0.5) is 17.1 Å². The molecule has 0 aliphatic carbocycles. The average Bonchev–Trinajstić information content (AvgIpc) is 2.62. The van der Waals surface area contributed by atoms with Crippen LogP contribution in [0, 0.1) is 10.1 Å². The van der Waals surface area contributed by atoms with Gasteiger partial charge in [-0.25, -0.2) is 8.42 Å². The number of sulfonamides is 1. The van der Waals surface area contributed by atoms with E-state index in [1.807, 2.05) is 4.90 Å². The maximum atomic E-state index is 12.7. The molecule has 0 amide bonds. The fourth-order valence-corrected chi connectivity index (χ4v) is 3.95. The van der Waals surface area contributed by atoms with Crippen LogP contribution >= 0.6 is 11.6 Å². The highest BCUT2D eigenvalue weighted by molar-refractivity contribution is 7.92. The number of nitro groups is 1. The number of hydrogen-bond donors (Lipinski definition) is 2. The van der Waals surface area contributed by atoms with Crippen molar-refractivity contribution in [2.45, 2.75) is 4.90 Å². The van der Waals surface area contributed by atoms with Crippen LogP contribution < -0.4 is 9.62 Å². The molecule has 0 spiro atoms. The van der Waals surface area contributed by atoms with Crippen molar-refractivity contribution in [2.75, 3.05) is 35.9 Å². The molecule has 11 heteroatoms. The molecule has 3 rings (SSSR count). The Kier molecular flexibility index (Phi) is 5.40. The first-order valence-corrected chi connectivity index (χ1v) is 9.76. The quantitative estimate of drug-likeness (QED) is 0.570. The van der Waals surface area contributed by atoms with E-state index in [0.29, 0.717) is 37.0 Å². The molecule has 2 N–H and O–H groups in total. The number of nitrogens with one attached hydrogen (secondary N) is 1. The van der Waals surface area contributed by atoms with Crippen molar-refractivity contribution in [3.63, 3.8) is 0 Å². The summed E-state index contributed by atoms with van der Waals surface area (Å²) in [7, 11) is -4.15. The Bertz CT molecular complexity index is 976. The molecule has 1 aliphatic heterocycles. The molecule has 0 atom stereocenters. The molecule has 0 unspecified atom stereocenters. The fourth-order valence-electron chi connectivity index (χ4n) is 2.69. The lowest BCUT2D eigenvalue weighted by molar-refractivity contribution is -0.386. The second kappa shape index (κ2) is 7.59. The second-order valence-corrected chi connectivity index (χ2v) is 7.89. The van der Waals surface area contributed by atoms with Gasteiger partial charge in [0.1, 0.15) is 0 Å². The van der Waals surface area contributed by atoms with Gasteiger partial charge in [0.15, 0.2) is 5.75 Å². The standard InChI is InChI=1S/C16H16ClN3O6S/c17-11-1-3-14(19-5-7-26-8-6-19)13(9-11)18-27(24,25)12-2-4-16(21)15(10-12)20(22)23/h1-4,9-10,18,21H,5-8H2. The Morgan fingerprint density at radius 2 is 1.89 bits per heavy atom. The topological polar surface area (TPSA) is 122 Å². The van der Waals surface area contributed by atoms with Crippen molar-refractivity contribution < 1.29 is 23.2 Å². The highest BCUT2D eigenvalue weighted by Crippen LogP contribution is 2.33. The molecule has 1 saturated heterocycles. The van der Waals surface area contributed by atoms with E-state index < -0.39 is 26.4 Å². The zero-order chi connectivity index (χ0) is 19.6. The molecule has 0 aromatic heterocycles. The van der Waals surface area contributed by atoms with Gasteiger partial charge in [-0.1, -0.05) is 11.6 Å². The number of halogens is 1. The van der Waals surface area contributed by atoms with Gasteiger partial charge in [0.25, 0.3) is 10.0 Å². The lowest BCUT2D eigenvalue weighted by atomic mass is 10.2. The maximum Gasteiger partial charge on any atom is 0.312 e. The summed E-state index contributed by atoms with van der Waals surface area (Å²) in [5, 5.41) is 20.8. The smallest absolute Gasteiger partial charge is 0.312 e. The van der Waals surface area contributed by atoms with Crippen LogP contribution in [0.2, 0.25) is 5.02 Å². The molecule has 2 aromatic rings. The van der Waals surface area contributed by atoms with E-state index in [2.05, 4.69) is 4.72 Å². The van der Waals surface area contributed by atoms with E-state index in [1.54, 1.807) is 12.1 Å². The lowest BCUT2D eigenvalue weighted by Gasteiger charge is -2.30. The first-order valence-electron chi connectivity index (χ1n) is 7.90. The molecule has 0 radical (unpaired) electrons. The van der Waals surface area contributed by atoms with Crippen LogP contribution in [0.3, 0.4) is 0 Å². The van der Waals surface area contributed by atoms with Crippen molar-refractivity contribution in [2.24, 2.45) is 0 Å². The van der Waals surface area contributed by atoms with Crippen molar-refractivity contribution in [3.8, 4) is 5.75 Å². The summed E-state index contributed by atoms with van der Waals surface area (Å²) in [5.74, 6) is -0.615. The largest absolute Gasteiger partial charge is 0.502 e. The van der Waals surface area contributed by atoms with Gasteiger partial charge in [0.05, 0.1) is 34.4 Å². The summed E-state index contributed by atoms with van der Waals surface area (Å²) in [6.45, 7) is 2.19. The number of nitro benzene ring substituents is 1. The van der Waals surface area contributed by atoms with E-state index >= 15 is 0 Å². The highest BCUT2D eigenvalue weighted by Gasteiger charge is 2.23. The summed E-state index contributed by atoms with van der Waals surface area (Å²) in [5.41, 5.74) is 0.178. The van der Waals surface area contributed by atoms with Gasteiger partial charge in [-0.3, -0.25) is 14.8 Å². The van der Waals surface area contributed by atoms with Crippen LogP contribution in [0.25, 0.3) is 0 Å². The Morgan fingerprint density at radius 1 is 1.19 bits per heavy atom. The monoisotopic (exact) mass is 413 g/mol. The average molecular weight is 414 g/mol. The molecule has 9 nitrogen and oxygen atoms in total. The Morgan fingerprint density at radius 3 is 2.56 bits per heavy atom. The lowest BCUT2D eigenvalue weighted by Crippen LogP contribution is -2.36. The van der Waals surface area contributed by atoms with E-state index in [9.17, 15) is 23.6 Å². The van der Waals surface area contributed by atoms with Crippen LogP contribution in [-0.4, -0.2) is 44.8 Å². The Labute approximate surface area is 160 Å². The Balaban J connectivity index is 1.97. The third kappa shape index (κ3) is 4.24. The molecule has 1 aliphatic rings. The number of ether oxygens (including phenoxy) is 1. The van der Waals surface area contributed by atoms with E-state index in [0.717, 1.165) is 18.2 Å².